The predicted octanol–water partition coefficient (Wildman–Crippen LogP) is 1.61. The van der Waals surface area contributed by atoms with E-state index >= 15 is 0 Å². The first-order valence-electron chi connectivity index (χ1n) is 7.34. The molecule has 2 aliphatic rings. The predicted molar refractivity (Wildman–Crippen MR) is 71.1 cm³/mol. The summed E-state index contributed by atoms with van der Waals surface area (Å²) in [7, 11) is 2.20. The molecule has 0 heterocycles. The Morgan fingerprint density at radius 2 is 1.94 bits per heavy atom. The van der Waals surface area contributed by atoms with Crippen LogP contribution < -0.4 is 5.32 Å². The summed E-state index contributed by atoms with van der Waals surface area (Å²) < 4.78 is 0. The van der Waals surface area contributed by atoms with E-state index in [1.54, 1.807) is 0 Å². The number of likely N-dealkylation sites (N-methyl/N-ethyl adjacent to an activating group) is 1. The third kappa shape index (κ3) is 4.94. The van der Waals surface area contributed by atoms with Gasteiger partial charge in [-0.3, -0.25) is 0 Å². The number of aliphatic hydroxyl groups is 1. The molecule has 2 N–H and O–H groups in total. The second-order valence-electron chi connectivity index (χ2n) is 5.96. The summed E-state index contributed by atoms with van der Waals surface area (Å²) >= 11 is 0. The number of hydrogen-bond acceptors (Lipinski definition) is 3. The fourth-order valence-corrected chi connectivity index (χ4v) is 2.94. The largest absolute Gasteiger partial charge is 0.392 e. The zero-order chi connectivity index (χ0) is 12.1. The van der Waals surface area contributed by atoms with Gasteiger partial charge in [-0.15, -0.1) is 0 Å². The molecule has 0 saturated heterocycles. The zero-order valence-electron chi connectivity index (χ0n) is 11.2. The molecule has 0 aromatic rings. The van der Waals surface area contributed by atoms with E-state index in [4.69, 9.17) is 0 Å². The Labute approximate surface area is 106 Å². The molecule has 0 aromatic carbocycles. The zero-order valence-corrected chi connectivity index (χ0v) is 11.2. The van der Waals surface area contributed by atoms with Gasteiger partial charge >= 0.3 is 0 Å². The second-order valence-corrected chi connectivity index (χ2v) is 5.96. The first-order valence-corrected chi connectivity index (χ1v) is 7.34. The lowest BCUT2D eigenvalue weighted by Crippen LogP contribution is -2.35. The molecular weight excluding hydrogens is 212 g/mol. The van der Waals surface area contributed by atoms with E-state index in [0.29, 0.717) is 0 Å². The SMILES string of the molecule is CN(CCNCC(O)CC1CCCC1)C1CC1. The quantitative estimate of drug-likeness (QED) is 0.633. The van der Waals surface area contributed by atoms with Crippen LogP contribution in [0.3, 0.4) is 0 Å². The standard InChI is InChI=1S/C14H28N2O/c1-16(13-6-7-13)9-8-15-11-14(17)10-12-4-2-3-5-12/h12-15,17H,2-11H2,1H3. The lowest BCUT2D eigenvalue weighted by atomic mass is 10.0. The molecule has 3 nitrogen and oxygen atoms in total. The van der Waals surface area contributed by atoms with Gasteiger partial charge < -0.3 is 15.3 Å². The Morgan fingerprint density at radius 3 is 2.59 bits per heavy atom. The van der Waals surface area contributed by atoms with Gasteiger partial charge in [0.2, 0.25) is 0 Å². The fourth-order valence-electron chi connectivity index (χ4n) is 2.94. The Balaban J connectivity index is 1.46. The monoisotopic (exact) mass is 240 g/mol. The molecule has 100 valence electrons. The van der Waals surface area contributed by atoms with E-state index in [1.807, 2.05) is 0 Å². The van der Waals surface area contributed by atoms with E-state index in [2.05, 4.69) is 17.3 Å². The maximum atomic E-state index is 9.92. The van der Waals surface area contributed by atoms with E-state index in [9.17, 15) is 5.11 Å². The highest BCUT2D eigenvalue weighted by Crippen LogP contribution is 2.28. The molecule has 2 aliphatic carbocycles. The number of aliphatic hydroxyl groups excluding tert-OH is 1. The van der Waals surface area contributed by atoms with Crippen molar-refractivity contribution < 1.29 is 5.11 Å². The normalized spacial score (nSPS) is 23.5. The van der Waals surface area contributed by atoms with Crippen LogP contribution in [0, 0.1) is 5.92 Å². The first kappa shape index (κ1) is 13.3. The molecule has 17 heavy (non-hydrogen) atoms. The van der Waals surface area contributed by atoms with Crippen molar-refractivity contribution in [2.24, 2.45) is 5.92 Å². The van der Waals surface area contributed by atoms with Crippen LogP contribution in [0.2, 0.25) is 0 Å². The highest BCUT2D eigenvalue weighted by atomic mass is 16.3. The van der Waals surface area contributed by atoms with Gasteiger partial charge in [0.15, 0.2) is 0 Å². The Hall–Kier alpha value is -0.120. The topological polar surface area (TPSA) is 35.5 Å². The lowest BCUT2D eigenvalue weighted by Gasteiger charge is -2.18. The van der Waals surface area contributed by atoms with Crippen molar-refractivity contribution in [3.63, 3.8) is 0 Å². The van der Waals surface area contributed by atoms with E-state index in [0.717, 1.165) is 38.0 Å². The molecule has 0 aliphatic heterocycles. The van der Waals surface area contributed by atoms with Gasteiger partial charge in [-0.2, -0.15) is 0 Å². The van der Waals surface area contributed by atoms with Crippen LogP contribution in [-0.2, 0) is 0 Å². The maximum absolute atomic E-state index is 9.92. The minimum Gasteiger partial charge on any atom is -0.392 e. The summed E-state index contributed by atoms with van der Waals surface area (Å²) in [6, 6.07) is 0.847. The molecular formula is C14H28N2O. The Bertz CT molecular complexity index is 212. The number of hydrogen-bond donors (Lipinski definition) is 2. The minimum absolute atomic E-state index is 0.135. The molecule has 0 aromatic heterocycles. The van der Waals surface area contributed by atoms with Crippen molar-refractivity contribution in [1.29, 1.82) is 0 Å². The van der Waals surface area contributed by atoms with Crippen LogP contribution in [-0.4, -0.2) is 48.8 Å². The van der Waals surface area contributed by atoms with Gasteiger partial charge in [-0.25, -0.2) is 0 Å². The van der Waals surface area contributed by atoms with Crippen LogP contribution in [0.4, 0.5) is 0 Å². The average Bonchev–Trinajstić information content (AvgIpc) is 3.04. The van der Waals surface area contributed by atoms with Gasteiger partial charge in [0.05, 0.1) is 6.10 Å². The smallest absolute Gasteiger partial charge is 0.0667 e. The highest BCUT2D eigenvalue weighted by Gasteiger charge is 2.25. The molecule has 2 rings (SSSR count). The third-order valence-electron chi connectivity index (χ3n) is 4.27. The lowest BCUT2D eigenvalue weighted by molar-refractivity contribution is 0.139. The highest BCUT2D eigenvalue weighted by molar-refractivity contribution is 4.82. The van der Waals surface area contributed by atoms with Gasteiger partial charge in [-0.1, -0.05) is 25.7 Å². The molecule has 0 amide bonds. The van der Waals surface area contributed by atoms with Crippen LogP contribution in [0.15, 0.2) is 0 Å². The van der Waals surface area contributed by atoms with Gasteiger partial charge in [0.1, 0.15) is 0 Å². The molecule has 2 saturated carbocycles. The fraction of sp³-hybridized carbons (Fsp3) is 1.00. The van der Waals surface area contributed by atoms with E-state index < -0.39 is 0 Å². The van der Waals surface area contributed by atoms with Crippen LogP contribution in [0.5, 0.6) is 0 Å². The molecule has 0 radical (unpaired) electrons. The van der Waals surface area contributed by atoms with E-state index in [-0.39, 0.29) is 6.10 Å². The molecule has 2 fully saturated rings. The summed E-state index contributed by atoms with van der Waals surface area (Å²) in [5, 5.41) is 13.3. The van der Waals surface area contributed by atoms with Crippen molar-refractivity contribution in [2.45, 2.75) is 57.1 Å². The number of nitrogens with zero attached hydrogens (tertiary/aromatic N) is 1. The van der Waals surface area contributed by atoms with Crippen molar-refractivity contribution in [2.75, 3.05) is 26.7 Å². The van der Waals surface area contributed by atoms with Crippen molar-refractivity contribution in [1.82, 2.24) is 10.2 Å². The summed E-state index contributed by atoms with van der Waals surface area (Å²) in [4.78, 5) is 2.43. The van der Waals surface area contributed by atoms with Gasteiger partial charge in [0.25, 0.3) is 0 Å². The number of nitrogens with one attached hydrogen (secondary N) is 1. The van der Waals surface area contributed by atoms with Crippen LogP contribution >= 0.6 is 0 Å². The van der Waals surface area contributed by atoms with Crippen LogP contribution in [0.1, 0.15) is 44.9 Å². The Morgan fingerprint density at radius 1 is 1.24 bits per heavy atom. The summed E-state index contributed by atoms with van der Waals surface area (Å²) in [6.07, 6.45) is 9.04. The average molecular weight is 240 g/mol. The minimum atomic E-state index is -0.135. The molecule has 0 spiro atoms. The van der Waals surface area contributed by atoms with Gasteiger partial charge in [-0.05, 0) is 32.2 Å². The van der Waals surface area contributed by atoms with Crippen molar-refractivity contribution >= 4 is 0 Å². The van der Waals surface area contributed by atoms with E-state index in [1.165, 1.54) is 38.5 Å². The van der Waals surface area contributed by atoms with Crippen molar-refractivity contribution in [3.8, 4) is 0 Å². The molecule has 1 atom stereocenters. The van der Waals surface area contributed by atoms with Gasteiger partial charge in [0, 0.05) is 25.7 Å². The Kier molecular flexibility index (Phi) is 5.26. The maximum Gasteiger partial charge on any atom is 0.0667 e. The third-order valence-corrected chi connectivity index (χ3v) is 4.27. The second kappa shape index (κ2) is 6.72. The number of rotatable bonds is 8. The van der Waals surface area contributed by atoms with Crippen molar-refractivity contribution in [3.05, 3.63) is 0 Å². The first-order chi connectivity index (χ1) is 8.25. The molecule has 3 heteroatoms. The van der Waals surface area contributed by atoms with Crippen LogP contribution in [0.25, 0.3) is 0 Å². The summed E-state index contributed by atoms with van der Waals surface area (Å²) in [5.74, 6) is 0.793. The molecule has 1 unspecified atom stereocenters. The molecule has 0 bridgehead atoms. The summed E-state index contributed by atoms with van der Waals surface area (Å²) in [6.45, 7) is 2.89. The summed E-state index contributed by atoms with van der Waals surface area (Å²) in [5.41, 5.74) is 0.